The highest BCUT2D eigenvalue weighted by atomic mass is 16.5. The highest BCUT2D eigenvalue weighted by molar-refractivity contribution is 5.91. The quantitative estimate of drug-likeness (QED) is 0.125. The number of allylic oxidation sites excluding steroid dienone is 1. The molecule has 0 aliphatic rings. The van der Waals surface area contributed by atoms with Gasteiger partial charge in [-0.3, -0.25) is 19.2 Å². The van der Waals surface area contributed by atoms with Gasteiger partial charge in [-0.15, -0.1) is 0 Å². The van der Waals surface area contributed by atoms with E-state index in [4.69, 9.17) is 18.9 Å². The molecular formula is C29H59N3O8. The Labute approximate surface area is 243 Å². The number of nitrogens with one attached hydrogen (secondary N) is 1. The van der Waals surface area contributed by atoms with E-state index in [1.807, 2.05) is 62.3 Å². The third kappa shape index (κ3) is 32.0. The number of ketones is 1. The molecule has 0 heterocycles. The number of Topliss-reactive ketones (excluding diaryl/α,β-unsaturated/α-hetero) is 1. The highest BCUT2D eigenvalue weighted by Gasteiger charge is 2.23. The van der Waals surface area contributed by atoms with Crippen LogP contribution in [-0.4, -0.2) is 100 Å². The Kier molecular flexibility index (Phi) is 33.4. The summed E-state index contributed by atoms with van der Waals surface area (Å²) in [6.07, 6.45) is 3.72. The molecule has 0 rings (SSSR count). The van der Waals surface area contributed by atoms with Gasteiger partial charge < -0.3 is 35.3 Å². The Morgan fingerprint density at radius 1 is 0.950 bits per heavy atom. The smallest absolute Gasteiger partial charge is 0.246 e. The van der Waals surface area contributed by atoms with E-state index in [1.165, 1.54) is 4.90 Å². The molecule has 40 heavy (non-hydrogen) atoms. The fourth-order valence-electron chi connectivity index (χ4n) is 2.71. The molecule has 0 bridgehead atoms. The van der Waals surface area contributed by atoms with E-state index in [9.17, 15) is 19.2 Å². The van der Waals surface area contributed by atoms with Crippen molar-refractivity contribution in [2.75, 3.05) is 59.8 Å². The summed E-state index contributed by atoms with van der Waals surface area (Å²) in [6.45, 7) is 21.4. The number of hydrogen-bond acceptors (Lipinski definition) is 9. The monoisotopic (exact) mass is 577 g/mol. The standard InChI is InChI=1S/C17H30N2O6.C10H20O2.C2H6.H3N/c1-15(2)25-14-13-24-12-11-23-10-7-18-16(21)6-8-19(3)17(22)5-4-9-20;1-6-12-10(4,5)7-9(11)8(2)3;1-2;/h4-5,9,15H,6-8,10-14H2,1-3H3,(H,18,21);8H,6-7H2,1-5H3;1-2H3;1H3/b5-4-;;;. The average Bonchev–Trinajstić information content (AvgIpc) is 2.87. The third-order valence-corrected chi connectivity index (χ3v) is 4.77. The molecule has 0 saturated heterocycles. The van der Waals surface area contributed by atoms with Crippen LogP contribution in [0.5, 0.6) is 0 Å². The predicted octanol–water partition coefficient (Wildman–Crippen LogP) is 3.77. The molecular weight excluding hydrogens is 518 g/mol. The van der Waals surface area contributed by atoms with Crippen LogP contribution < -0.4 is 11.5 Å². The SMILES string of the molecule is CC.CC(C)OCCOCCOCCNC(=O)CCN(C)C(=O)/C=C\C=O.CCOC(C)(C)CC(=O)C(C)C.N. The molecule has 0 unspecified atom stereocenters. The number of carbonyl (C=O) groups is 4. The van der Waals surface area contributed by atoms with E-state index in [-0.39, 0.29) is 54.3 Å². The number of aldehydes is 1. The van der Waals surface area contributed by atoms with Gasteiger partial charge in [0, 0.05) is 51.6 Å². The van der Waals surface area contributed by atoms with E-state index in [0.29, 0.717) is 58.9 Å². The molecule has 0 aromatic carbocycles. The molecule has 0 spiro atoms. The van der Waals surface area contributed by atoms with Gasteiger partial charge >= 0.3 is 0 Å². The van der Waals surface area contributed by atoms with Crippen LogP contribution in [0.3, 0.4) is 0 Å². The van der Waals surface area contributed by atoms with E-state index in [0.717, 1.165) is 12.2 Å². The molecule has 238 valence electrons. The number of carbonyl (C=O) groups excluding carboxylic acids is 4. The van der Waals surface area contributed by atoms with Crippen LogP contribution in [-0.2, 0) is 38.1 Å². The van der Waals surface area contributed by atoms with Gasteiger partial charge in [-0.25, -0.2) is 0 Å². The van der Waals surface area contributed by atoms with E-state index in [1.54, 1.807) is 7.05 Å². The number of rotatable bonds is 20. The summed E-state index contributed by atoms with van der Waals surface area (Å²) in [5.74, 6) is -0.0927. The van der Waals surface area contributed by atoms with Crippen molar-refractivity contribution in [2.45, 2.75) is 86.9 Å². The van der Waals surface area contributed by atoms with Crippen LogP contribution in [0.2, 0.25) is 0 Å². The second-order valence-electron chi connectivity index (χ2n) is 9.49. The summed E-state index contributed by atoms with van der Waals surface area (Å²) in [5.41, 5.74) is -0.296. The summed E-state index contributed by atoms with van der Waals surface area (Å²) in [6, 6.07) is 0. The maximum Gasteiger partial charge on any atom is 0.246 e. The van der Waals surface area contributed by atoms with E-state index >= 15 is 0 Å². The van der Waals surface area contributed by atoms with Gasteiger partial charge in [0.05, 0.1) is 44.7 Å². The fourth-order valence-corrected chi connectivity index (χ4v) is 2.71. The third-order valence-electron chi connectivity index (χ3n) is 4.77. The summed E-state index contributed by atoms with van der Waals surface area (Å²) < 4.78 is 21.4. The molecule has 11 nitrogen and oxygen atoms in total. The maximum absolute atomic E-state index is 11.6. The lowest BCUT2D eigenvalue weighted by molar-refractivity contribution is -0.128. The molecule has 0 aliphatic heterocycles. The number of amides is 2. The molecule has 0 saturated carbocycles. The van der Waals surface area contributed by atoms with Crippen molar-refractivity contribution in [3.63, 3.8) is 0 Å². The summed E-state index contributed by atoms with van der Waals surface area (Å²) in [4.78, 5) is 46.0. The minimum absolute atomic E-state index is 0. The van der Waals surface area contributed by atoms with E-state index < -0.39 is 0 Å². The largest absolute Gasteiger partial charge is 0.377 e. The zero-order chi connectivity index (χ0) is 30.7. The Morgan fingerprint density at radius 3 is 2.00 bits per heavy atom. The first kappa shape index (κ1) is 44.8. The van der Waals surface area contributed by atoms with Gasteiger partial charge in [0.1, 0.15) is 12.1 Å². The molecule has 0 radical (unpaired) electrons. The molecule has 0 atom stereocenters. The van der Waals surface area contributed by atoms with Crippen LogP contribution in [0.4, 0.5) is 0 Å². The van der Waals surface area contributed by atoms with Gasteiger partial charge in [-0.1, -0.05) is 27.7 Å². The highest BCUT2D eigenvalue weighted by Crippen LogP contribution is 2.17. The summed E-state index contributed by atoms with van der Waals surface area (Å²) >= 11 is 0. The van der Waals surface area contributed by atoms with Crippen LogP contribution in [0, 0.1) is 5.92 Å². The van der Waals surface area contributed by atoms with Crippen LogP contribution in [0.1, 0.15) is 75.2 Å². The number of hydrogen-bond donors (Lipinski definition) is 2. The van der Waals surface area contributed by atoms with Crippen molar-refractivity contribution in [1.29, 1.82) is 0 Å². The van der Waals surface area contributed by atoms with Gasteiger partial charge in [-0.2, -0.15) is 0 Å². The zero-order valence-corrected chi connectivity index (χ0v) is 26.9. The molecule has 0 aliphatic carbocycles. The Balaban J connectivity index is -0.000000363. The average molecular weight is 578 g/mol. The second kappa shape index (κ2) is 29.8. The molecule has 4 N–H and O–H groups in total. The minimum atomic E-state index is -0.318. The summed E-state index contributed by atoms with van der Waals surface area (Å²) in [7, 11) is 1.57. The van der Waals surface area contributed by atoms with Gasteiger partial charge in [0.25, 0.3) is 0 Å². The van der Waals surface area contributed by atoms with Crippen LogP contribution in [0.15, 0.2) is 12.2 Å². The Morgan fingerprint density at radius 2 is 1.50 bits per heavy atom. The Hall–Kier alpha value is -2.18. The molecule has 0 aromatic rings. The van der Waals surface area contributed by atoms with Crippen molar-refractivity contribution in [1.82, 2.24) is 16.4 Å². The molecule has 0 aromatic heterocycles. The first-order valence-electron chi connectivity index (χ1n) is 13.9. The van der Waals surface area contributed by atoms with Crippen molar-refractivity contribution in [3.05, 3.63) is 12.2 Å². The fraction of sp³-hybridized carbons (Fsp3) is 0.793. The predicted molar refractivity (Wildman–Crippen MR) is 160 cm³/mol. The molecule has 0 fully saturated rings. The molecule has 2 amide bonds. The van der Waals surface area contributed by atoms with Crippen molar-refractivity contribution >= 4 is 23.9 Å². The van der Waals surface area contributed by atoms with Crippen molar-refractivity contribution in [2.24, 2.45) is 5.92 Å². The van der Waals surface area contributed by atoms with Crippen molar-refractivity contribution < 1.29 is 38.1 Å². The van der Waals surface area contributed by atoms with Crippen molar-refractivity contribution in [3.8, 4) is 0 Å². The number of ether oxygens (including phenoxy) is 4. The first-order chi connectivity index (χ1) is 18.4. The number of likely N-dealkylation sites (N-methyl/N-ethyl adjacent to an activating group) is 1. The summed E-state index contributed by atoms with van der Waals surface area (Å²) in [5, 5.41) is 2.71. The van der Waals surface area contributed by atoms with Gasteiger partial charge in [-0.05, 0) is 40.7 Å². The van der Waals surface area contributed by atoms with Gasteiger partial charge in [0.15, 0.2) is 0 Å². The lowest BCUT2D eigenvalue weighted by Crippen LogP contribution is -2.33. The second-order valence-corrected chi connectivity index (χ2v) is 9.49. The minimum Gasteiger partial charge on any atom is -0.377 e. The normalized spacial score (nSPS) is 10.7. The topological polar surface area (TPSA) is 155 Å². The first-order valence-corrected chi connectivity index (χ1v) is 13.9. The maximum atomic E-state index is 11.6. The zero-order valence-electron chi connectivity index (χ0n) is 26.9. The number of nitrogens with zero attached hydrogens (tertiary/aromatic N) is 1. The molecule has 11 heteroatoms. The lowest BCUT2D eigenvalue weighted by atomic mass is 9.95. The van der Waals surface area contributed by atoms with Crippen LogP contribution in [0.25, 0.3) is 0 Å². The van der Waals surface area contributed by atoms with Gasteiger partial charge in [0.2, 0.25) is 11.8 Å². The Bertz CT molecular complexity index is 668. The van der Waals surface area contributed by atoms with Crippen LogP contribution >= 0.6 is 0 Å². The lowest BCUT2D eigenvalue weighted by Gasteiger charge is -2.24. The van der Waals surface area contributed by atoms with E-state index in [2.05, 4.69) is 5.32 Å².